The Morgan fingerprint density at radius 3 is 2.87 bits per heavy atom. The van der Waals surface area contributed by atoms with E-state index >= 15 is 0 Å². The van der Waals surface area contributed by atoms with E-state index in [2.05, 4.69) is 20.5 Å². The predicted octanol–water partition coefficient (Wildman–Crippen LogP) is 0.512. The standard InChI is InChI=1S/C9H11N5O/c1-7-8(5-15-2)3-4-9(11-7)14-6-10-12-13-14/h3-4,6H,5H2,1-2H3. The van der Waals surface area contributed by atoms with Gasteiger partial charge in [0.15, 0.2) is 5.82 Å². The van der Waals surface area contributed by atoms with Crippen LogP contribution in [0.1, 0.15) is 11.3 Å². The highest BCUT2D eigenvalue weighted by Gasteiger charge is 2.03. The van der Waals surface area contributed by atoms with Gasteiger partial charge < -0.3 is 4.74 Å². The largest absolute Gasteiger partial charge is 0.380 e. The van der Waals surface area contributed by atoms with Crippen LogP contribution in [-0.4, -0.2) is 32.3 Å². The number of aromatic nitrogens is 5. The predicted molar refractivity (Wildman–Crippen MR) is 52.4 cm³/mol. The molecule has 2 rings (SSSR count). The minimum Gasteiger partial charge on any atom is -0.380 e. The third-order valence-corrected chi connectivity index (χ3v) is 2.06. The smallest absolute Gasteiger partial charge is 0.157 e. The fourth-order valence-electron chi connectivity index (χ4n) is 1.28. The van der Waals surface area contributed by atoms with E-state index in [1.165, 1.54) is 11.0 Å². The van der Waals surface area contributed by atoms with Crippen LogP contribution in [0.15, 0.2) is 18.5 Å². The molecule has 0 spiro atoms. The van der Waals surface area contributed by atoms with Gasteiger partial charge in [0, 0.05) is 12.8 Å². The van der Waals surface area contributed by atoms with Crippen LogP contribution < -0.4 is 0 Å². The molecule has 2 aromatic heterocycles. The second-order valence-electron chi connectivity index (χ2n) is 3.10. The van der Waals surface area contributed by atoms with Crippen molar-refractivity contribution >= 4 is 0 Å². The summed E-state index contributed by atoms with van der Waals surface area (Å²) in [4.78, 5) is 4.37. The Bertz CT molecular complexity index is 440. The Morgan fingerprint density at radius 1 is 1.40 bits per heavy atom. The van der Waals surface area contributed by atoms with Crippen LogP contribution >= 0.6 is 0 Å². The summed E-state index contributed by atoms with van der Waals surface area (Å²) < 4.78 is 6.57. The van der Waals surface area contributed by atoms with Crippen LogP contribution in [0.25, 0.3) is 5.82 Å². The van der Waals surface area contributed by atoms with Gasteiger partial charge in [0.1, 0.15) is 6.33 Å². The lowest BCUT2D eigenvalue weighted by molar-refractivity contribution is 0.184. The van der Waals surface area contributed by atoms with Gasteiger partial charge in [-0.05, 0) is 29.0 Å². The molecular formula is C9H11N5O. The molecule has 2 heterocycles. The summed E-state index contributed by atoms with van der Waals surface area (Å²) in [7, 11) is 1.66. The minimum atomic E-state index is 0.564. The third kappa shape index (κ3) is 1.99. The highest BCUT2D eigenvalue weighted by Crippen LogP contribution is 2.09. The number of pyridine rings is 1. The molecule has 0 aromatic carbocycles. The zero-order valence-electron chi connectivity index (χ0n) is 8.58. The SMILES string of the molecule is COCc1ccc(-n2cnnn2)nc1C. The van der Waals surface area contributed by atoms with Crippen LogP contribution in [0.3, 0.4) is 0 Å². The van der Waals surface area contributed by atoms with Crippen molar-refractivity contribution in [3.63, 3.8) is 0 Å². The molecule has 0 bridgehead atoms. The quantitative estimate of drug-likeness (QED) is 0.730. The second kappa shape index (κ2) is 4.14. The molecule has 15 heavy (non-hydrogen) atoms. The Labute approximate surface area is 86.9 Å². The normalized spacial score (nSPS) is 10.5. The van der Waals surface area contributed by atoms with Crippen molar-refractivity contribution in [2.45, 2.75) is 13.5 Å². The first kappa shape index (κ1) is 9.72. The number of ether oxygens (including phenoxy) is 1. The van der Waals surface area contributed by atoms with Crippen molar-refractivity contribution in [1.82, 2.24) is 25.2 Å². The molecule has 78 valence electrons. The summed E-state index contributed by atoms with van der Waals surface area (Å²) >= 11 is 0. The summed E-state index contributed by atoms with van der Waals surface area (Å²) in [6, 6.07) is 3.82. The molecule has 0 aliphatic heterocycles. The van der Waals surface area contributed by atoms with Gasteiger partial charge in [-0.3, -0.25) is 0 Å². The highest BCUT2D eigenvalue weighted by molar-refractivity contribution is 5.28. The first-order valence-electron chi connectivity index (χ1n) is 4.50. The van der Waals surface area contributed by atoms with E-state index in [1.54, 1.807) is 7.11 Å². The van der Waals surface area contributed by atoms with Crippen LogP contribution in [0.5, 0.6) is 0 Å². The van der Waals surface area contributed by atoms with Gasteiger partial charge in [-0.1, -0.05) is 6.07 Å². The van der Waals surface area contributed by atoms with Crippen LogP contribution in [0.2, 0.25) is 0 Å². The van der Waals surface area contributed by atoms with Gasteiger partial charge >= 0.3 is 0 Å². The summed E-state index contributed by atoms with van der Waals surface area (Å²) in [5.41, 5.74) is 1.99. The third-order valence-electron chi connectivity index (χ3n) is 2.06. The van der Waals surface area contributed by atoms with Crippen molar-refractivity contribution in [1.29, 1.82) is 0 Å². The van der Waals surface area contributed by atoms with E-state index in [0.717, 1.165) is 11.3 Å². The number of aryl methyl sites for hydroxylation is 1. The summed E-state index contributed by atoms with van der Waals surface area (Å²) in [6.07, 6.45) is 1.51. The van der Waals surface area contributed by atoms with Crippen molar-refractivity contribution in [2.24, 2.45) is 0 Å². The summed E-state index contributed by atoms with van der Waals surface area (Å²) in [6.45, 7) is 2.50. The Kier molecular flexibility index (Phi) is 2.68. The lowest BCUT2D eigenvalue weighted by Gasteiger charge is -2.05. The summed E-state index contributed by atoms with van der Waals surface area (Å²) in [5.74, 6) is 0.706. The molecule has 0 radical (unpaired) electrons. The van der Waals surface area contributed by atoms with Gasteiger partial charge in [-0.15, -0.1) is 5.10 Å². The van der Waals surface area contributed by atoms with Gasteiger partial charge in [-0.25, -0.2) is 4.98 Å². The van der Waals surface area contributed by atoms with Gasteiger partial charge in [0.2, 0.25) is 0 Å². The van der Waals surface area contributed by atoms with E-state index in [0.29, 0.717) is 12.4 Å². The van der Waals surface area contributed by atoms with E-state index in [1.807, 2.05) is 19.1 Å². The first-order valence-corrected chi connectivity index (χ1v) is 4.50. The van der Waals surface area contributed by atoms with Gasteiger partial charge in [-0.2, -0.15) is 4.68 Å². The van der Waals surface area contributed by atoms with Gasteiger partial charge in [0.05, 0.1) is 6.61 Å². The van der Waals surface area contributed by atoms with E-state index in [-0.39, 0.29) is 0 Å². The van der Waals surface area contributed by atoms with Crippen LogP contribution in [0.4, 0.5) is 0 Å². The first-order chi connectivity index (χ1) is 7.31. The van der Waals surface area contributed by atoms with Crippen molar-refractivity contribution in [3.05, 3.63) is 29.7 Å². The van der Waals surface area contributed by atoms with Gasteiger partial charge in [0.25, 0.3) is 0 Å². The van der Waals surface area contributed by atoms with E-state index < -0.39 is 0 Å². The fourth-order valence-corrected chi connectivity index (χ4v) is 1.28. The lowest BCUT2D eigenvalue weighted by Crippen LogP contribution is -2.02. The van der Waals surface area contributed by atoms with Crippen LogP contribution in [0, 0.1) is 6.92 Å². The topological polar surface area (TPSA) is 65.7 Å². The average Bonchev–Trinajstić information content (AvgIpc) is 2.74. The van der Waals surface area contributed by atoms with E-state index in [9.17, 15) is 0 Å². The molecule has 0 amide bonds. The lowest BCUT2D eigenvalue weighted by atomic mass is 10.2. The maximum atomic E-state index is 5.05. The minimum absolute atomic E-state index is 0.564. The van der Waals surface area contributed by atoms with Crippen molar-refractivity contribution < 1.29 is 4.74 Å². The molecule has 2 aromatic rings. The Balaban J connectivity index is 2.33. The number of tetrazole rings is 1. The number of rotatable bonds is 3. The van der Waals surface area contributed by atoms with Crippen molar-refractivity contribution in [3.8, 4) is 5.82 Å². The second-order valence-corrected chi connectivity index (χ2v) is 3.10. The maximum absolute atomic E-state index is 5.05. The Morgan fingerprint density at radius 2 is 2.27 bits per heavy atom. The molecule has 0 aliphatic carbocycles. The monoisotopic (exact) mass is 205 g/mol. The molecule has 0 unspecified atom stereocenters. The molecule has 0 aliphatic rings. The molecular weight excluding hydrogens is 194 g/mol. The van der Waals surface area contributed by atoms with E-state index in [4.69, 9.17) is 4.74 Å². The zero-order valence-corrected chi connectivity index (χ0v) is 8.58. The molecule has 6 heteroatoms. The number of hydrogen-bond donors (Lipinski definition) is 0. The number of nitrogens with zero attached hydrogens (tertiary/aromatic N) is 5. The average molecular weight is 205 g/mol. The van der Waals surface area contributed by atoms with Crippen LogP contribution in [-0.2, 0) is 11.3 Å². The maximum Gasteiger partial charge on any atom is 0.157 e. The molecule has 0 N–H and O–H groups in total. The molecule has 0 saturated carbocycles. The number of methoxy groups -OCH3 is 1. The highest BCUT2D eigenvalue weighted by atomic mass is 16.5. The zero-order chi connectivity index (χ0) is 10.7. The van der Waals surface area contributed by atoms with Crippen molar-refractivity contribution in [2.75, 3.05) is 7.11 Å². The molecule has 0 saturated heterocycles. The summed E-state index contributed by atoms with van der Waals surface area (Å²) in [5, 5.41) is 10.9. The number of hydrogen-bond acceptors (Lipinski definition) is 5. The molecule has 0 atom stereocenters. The molecule has 6 nitrogen and oxygen atoms in total. The molecule has 0 fully saturated rings. The Hall–Kier alpha value is -1.82. The fraction of sp³-hybridized carbons (Fsp3) is 0.333.